The van der Waals surface area contributed by atoms with E-state index in [2.05, 4.69) is 5.32 Å². The predicted octanol–water partition coefficient (Wildman–Crippen LogP) is 7.18. The summed E-state index contributed by atoms with van der Waals surface area (Å²) in [5, 5.41) is 2.99. The Hall–Kier alpha value is -2.70. The number of nitrogens with one attached hydrogen (secondary N) is 1. The number of ether oxygens (including phenoxy) is 4. The van der Waals surface area contributed by atoms with Gasteiger partial charge in [-0.05, 0) is 101 Å². The van der Waals surface area contributed by atoms with Crippen LogP contribution in [0, 0.1) is 31.1 Å². The lowest BCUT2D eigenvalue weighted by Gasteiger charge is -2.52. The minimum absolute atomic E-state index is 0.0339. The number of sulfonamides is 1. The molecule has 2 aromatic carbocycles. The van der Waals surface area contributed by atoms with E-state index in [1.54, 1.807) is 32.9 Å². The van der Waals surface area contributed by atoms with Gasteiger partial charge in [0.25, 0.3) is 0 Å². The Morgan fingerprint density at radius 3 is 2.36 bits per heavy atom. The van der Waals surface area contributed by atoms with Gasteiger partial charge in [0.15, 0.2) is 5.79 Å². The first-order valence-electron chi connectivity index (χ1n) is 19.5. The summed E-state index contributed by atoms with van der Waals surface area (Å²) < 4.78 is 90.1. The number of fused-ring (bicyclic) bond motifs is 1. The van der Waals surface area contributed by atoms with Crippen LogP contribution in [0.4, 0.5) is 10.5 Å². The van der Waals surface area contributed by atoms with E-state index < -0.39 is 68.7 Å². The average molecular weight is 720 g/mol. The zero-order chi connectivity index (χ0) is 41.1. The van der Waals surface area contributed by atoms with Crippen LogP contribution < -0.4 is 11.1 Å². The first-order valence-corrected chi connectivity index (χ1v) is 18.9. The van der Waals surface area contributed by atoms with Crippen LogP contribution >= 0.6 is 0 Å². The van der Waals surface area contributed by atoms with Crippen molar-refractivity contribution in [2.75, 3.05) is 26.0 Å². The largest absolute Gasteiger partial charge is 0.443 e. The number of carbonyl (C=O) groups excluding carboxylic acids is 1. The summed E-state index contributed by atoms with van der Waals surface area (Å²) in [5.41, 5.74) is 4.98. The molecule has 4 rings (SSSR count). The highest BCUT2D eigenvalue weighted by atomic mass is 32.2. The molecule has 1 amide bonds. The number of nitrogens with zero attached hydrogens (tertiary/aromatic N) is 1. The molecular formula is C39H61N3O7S. The fourth-order valence-corrected chi connectivity index (χ4v) is 9.78. The van der Waals surface area contributed by atoms with Gasteiger partial charge in [0.2, 0.25) is 10.0 Å². The summed E-state index contributed by atoms with van der Waals surface area (Å²) in [6, 6.07) is 2.34. The van der Waals surface area contributed by atoms with Gasteiger partial charge in [-0.2, -0.15) is 4.31 Å². The molecule has 50 heavy (non-hydrogen) atoms. The number of methoxy groups -OCH3 is 1. The Morgan fingerprint density at radius 1 is 1.12 bits per heavy atom. The van der Waals surface area contributed by atoms with E-state index in [-0.39, 0.29) is 47.0 Å². The molecule has 11 heteroatoms. The van der Waals surface area contributed by atoms with E-state index in [9.17, 15) is 13.2 Å². The zero-order valence-corrected chi connectivity index (χ0v) is 32.9. The smallest absolute Gasteiger partial charge is 0.407 e. The number of rotatable bonds is 13. The first-order chi connectivity index (χ1) is 24.7. The fraction of sp³-hybridized carbons (Fsp3) is 0.667. The molecule has 2 saturated heterocycles. The van der Waals surface area contributed by atoms with Crippen LogP contribution in [-0.4, -0.2) is 74.3 Å². The summed E-state index contributed by atoms with van der Waals surface area (Å²) in [6.07, 6.45) is -1.93. The number of anilines is 1. The number of aryl methyl sites for hydroxylation is 1. The summed E-state index contributed by atoms with van der Waals surface area (Å²) >= 11 is 0. The number of alkyl carbamates (subject to hydrolysis) is 1. The number of amides is 1. The summed E-state index contributed by atoms with van der Waals surface area (Å²) in [4.78, 5) is 14.2. The van der Waals surface area contributed by atoms with Crippen molar-refractivity contribution in [3.05, 3.63) is 59.1 Å². The molecular weight excluding hydrogens is 655 g/mol. The molecule has 10 nitrogen and oxygen atoms in total. The predicted molar refractivity (Wildman–Crippen MR) is 197 cm³/mol. The molecule has 2 aliphatic rings. The van der Waals surface area contributed by atoms with Crippen LogP contribution in [0.25, 0.3) is 0 Å². The van der Waals surface area contributed by atoms with Crippen LogP contribution in [0.5, 0.6) is 0 Å². The van der Waals surface area contributed by atoms with Crippen molar-refractivity contribution in [1.82, 2.24) is 9.62 Å². The standard InChI is InChI=1S/C39H61N3O7S/c1-24(2)36(6,7)38(10,11)42(50(44,45)32-19-18-28(40)22-26(32)4)23-31(46-13)33(27(5)29-17-15-14-16-25(29)3)41-35(43)48-34-30-20-21-47-39(30,12)49-37(34,8)9/h14-19,22,24,27,30-31,33-34H,20-21,23,40H2,1-13H3,(H,41,43)/t27?,30-,31+,33-,34+,39+/m0/s1/i14D,15D,16D,17D. The molecule has 0 bridgehead atoms. The SMILES string of the molecule is [2H]c1c([2H])c([2H])c(C(C)[C@H](NC(=O)O[C@@H]2[C@@H]3CCO[C@]3(C)OC2(C)C)[C@@H](CN(C(C)(C)C(C)(C)C(C)C)S(=O)(=O)c2ccc(N)cc2C)OC)c(C)c1[2H]. The monoisotopic (exact) mass is 719 g/mol. The molecule has 280 valence electrons. The lowest BCUT2D eigenvalue weighted by Crippen LogP contribution is -2.62. The third-order valence-electron chi connectivity index (χ3n) is 11.9. The highest BCUT2D eigenvalue weighted by Gasteiger charge is 2.61. The molecule has 0 spiro atoms. The van der Waals surface area contributed by atoms with E-state index in [1.165, 1.54) is 17.5 Å². The maximum Gasteiger partial charge on any atom is 0.407 e. The van der Waals surface area contributed by atoms with Gasteiger partial charge in [0.1, 0.15) is 11.7 Å². The molecule has 6 atom stereocenters. The van der Waals surface area contributed by atoms with Gasteiger partial charge in [-0.15, -0.1) is 0 Å². The van der Waals surface area contributed by atoms with E-state index in [4.69, 9.17) is 30.2 Å². The highest BCUT2D eigenvalue weighted by molar-refractivity contribution is 7.89. The fourth-order valence-electron chi connectivity index (χ4n) is 7.66. The molecule has 0 aromatic heterocycles. The Bertz CT molecular complexity index is 1830. The van der Waals surface area contributed by atoms with Gasteiger partial charge in [-0.25, -0.2) is 13.2 Å². The van der Waals surface area contributed by atoms with E-state index in [0.29, 0.717) is 29.8 Å². The van der Waals surface area contributed by atoms with Gasteiger partial charge in [0, 0.05) is 30.8 Å². The third-order valence-corrected chi connectivity index (χ3v) is 14.1. The van der Waals surface area contributed by atoms with Crippen molar-refractivity contribution < 1.29 is 37.6 Å². The van der Waals surface area contributed by atoms with Crippen molar-refractivity contribution in [3.8, 4) is 0 Å². The van der Waals surface area contributed by atoms with Crippen LogP contribution in [0.3, 0.4) is 0 Å². The summed E-state index contributed by atoms with van der Waals surface area (Å²) in [7, 11) is -2.83. The topological polar surface area (TPSA) is 129 Å². The molecule has 0 aliphatic carbocycles. The normalized spacial score (nSPS) is 25.3. The maximum atomic E-state index is 15.0. The van der Waals surface area contributed by atoms with E-state index in [0.717, 1.165) is 0 Å². The first kappa shape index (κ1) is 34.4. The molecule has 2 heterocycles. The minimum atomic E-state index is -4.26. The molecule has 0 saturated carbocycles. The number of nitrogen functional groups attached to an aromatic ring is 1. The highest BCUT2D eigenvalue weighted by Crippen LogP contribution is 2.50. The molecule has 3 N–H and O–H groups in total. The zero-order valence-electron chi connectivity index (χ0n) is 36.1. The van der Waals surface area contributed by atoms with Gasteiger partial charge >= 0.3 is 6.09 Å². The van der Waals surface area contributed by atoms with Gasteiger partial charge in [0.05, 0.1) is 35.0 Å². The number of hydrogen-bond donors (Lipinski definition) is 2. The Kier molecular flexibility index (Phi) is 9.89. The molecule has 2 aromatic rings. The molecule has 2 aliphatic heterocycles. The van der Waals surface area contributed by atoms with Crippen LogP contribution in [0.15, 0.2) is 47.3 Å². The Balaban J connectivity index is 1.88. The lowest BCUT2D eigenvalue weighted by atomic mass is 9.67. The second-order valence-electron chi connectivity index (χ2n) is 16.1. The molecule has 2 fully saturated rings. The van der Waals surface area contributed by atoms with E-state index >= 15 is 0 Å². The van der Waals surface area contributed by atoms with Crippen LogP contribution in [-0.2, 0) is 29.0 Å². The van der Waals surface area contributed by atoms with Gasteiger partial charge in [-0.3, -0.25) is 0 Å². The number of benzene rings is 2. The average Bonchev–Trinajstić information content (AvgIpc) is 3.51. The summed E-state index contributed by atoms with van der Waals surface area (Å²) in [6.45, 7) is 22.6. The number of hydrogen-bond acceptors (Lipinski definition) is 8. The third kappa shape index (κ3) is 7.44. The Morgan fingerprint density at radius 2 is 1.76 bits per heavy atom. The lowest BCUT2D eigenvalue weighted by molar-refractivity contribution is -0.223. The minimum Gasteiger partial charge on any atom is -0.443 e. The molecule has 1 unspecified atom stereocenters. The summed E-state index contributed by atoms with van der Waals surface area (Å²) in [5.74, 6) is -1.95. The van der Waals surface area contributed by atoms with Crippen LogP contribution in [0.2, 0.25) is 0 Å². The van der Waals surface area contributed by atoms with E-state index in [1.807, 2.05) is 62.3 Å². The van der Waals surface area contributed by atoms with Crippen LogP contribution in [0.1, 0.15) is 104 Å². The van der Waals surface area contributed by atoms with Gasteiger partial charge < -0.3 is 30.0 Å². The van der Waals surface area contributed by atoms with Crippen molar-refractivity contribution in [3.63, 3.8) is 0 Å². The van der Waals surface area contributed by atoms with Crippen molar-refractivity contribution >= 4 is 21.8 Å². The van der Waals surface area contributed by atoms with Crippen molar-refractivity contribution in [2.24, 2.45) is 17.3 Å². The second-order valence-corrected chi connectivity index (χ2v) is 17.9. The molecule has 0 radical (unpaired) electrons. The maximum absolute atomic E-state index is 15.0. The van der Waals surface area contributed by atoms with Gasteiger partial charge in [-0.1, -0.05) is 58.8 Å². The quantitative estimate of drug-likeness (QED) is 0.208. The number of carbonyl (C=O) groups is 1. The second kappa shape index (κ2) is 14.4. The van der Waals surface area contributed by atoms with Crippen molar-refractivity contribution in [2.45, 2.75) is 135 Å². The number of nitrogens with two attached hydrogens (primary N) is 1. The van der Waals surface area contributed by atoms with Crippen molar-refractivity contribution in [1.29, 1.82) is 0 Å². The Labute approximate surface area is 306 Å².